The molecule has 0 aliphatic carbocycles. The van der Waals surface area contributed by atoms with Gasteiger partial charge in [0.05, 0.1) is 5.69 Å². The maximum Gasteiger partial charge on any atom is 0.410 e. The van der Waals surface area contributed by atoms with E-state index in [0.717, 1.165) is 42.4 Å². The molecule has 0 bridgehead atoms. The summed E-state index contributed by atoms with van der Waals surface area (Å²) in [6.07, 6.45) is 3.61. The van der Waals surface area contributed by atoms with Crippen molar-refractivity contribution in [2.24, 2.45) is 0 Å². The van der Waals surface area contributed by atoms with Crippen molar-refractivity contribution in [2.45, 2.75) is 65.4 Å². The molecule has 1 aromatic rings. The van der Waals surface area contributed by atoms with E-state index in [2.05, 4.69) is 28.9 Å². The predicted molar refractivity (Wildman–Crippen MR) is 110 cm³/mol. The number of aryl methyl sites for hydroxylation is 1. The number of amides is 2. The molecule has 0 saturated carbocycles. The summed E-state index contributed by atoms with van der Waals surface area (Å²) in [7, 11) is 0. The van der Waals surface area contributed by atoms with E-state index in [1.54, 1.807) is 4.90 Å². The lowest BCUT2D eigenvalue weighted by Crippen LogP contribution is -2.38. The number of rotatable bonds is 2. The Morgan fingerprint density at radius 2 is 1.85 bits per heavy atom. The molecule has 0 aromatic heterocycles. The van der Waals surface area contributed by atoms with Crippen LogP contribution in [0.5, 0.6) is 0 Å². The van der Waals surface area contributed by atoms with Gasteiger partial charge < -0.3 is 14.5 Å². The summed E-state index contributed by atoms with van der Waals surface area (Å²) < 4.78 is 6.58. The predicted octanol–water partition coefficient (Wildman–Crippen LogP) is 4.47. The molecular weight excluding hydrogens is 408 g/mol. The van der Waals surface area contributed by atoms with Gasteiger partial charge in [-0.2, -0.15) is 0 Å². The minimum absolute atomic E-state index is 0.203. The Kier molecular flexibility index (Phi) is 5.84. The molecule has 1 aromatic carbocycles. The number of halogens is 1. The zero-order valence-electron chi connectivity index (χ0n) is 16.7. The van der Waals surface area contributed by atoms with E-state index in [0.29, 0.717) is 19.5 Å². The number of carbonyl (C=O) groups excluding carboxylic acids is 2. The first kappa shape index (κ1) is 20.2. The van der Waals surface area contributed by atoms with Crippen molar-refractivity contribution in [3.05, 3.63) is 27.2 Å². The van der Waals surface area contributed by atoms with Gasteiger partial charge in [0.1, 0.15) is 5.60 Å². The fraction of sp³-hybridized carbons (Fsp3) is 0.619. The first-order valence-electron chi connectivity index (χ1n) is 9.82. The Morgan fingerprint density at radius 3 is 2.52 bits per heavy atom. The van der Waals surface area contributed by atoms with Gasteiger partial charge in [-0.25, -0.2) is 4.79 Å². The third kappa shape index (κ3) is 4.31. The van der Waals surface area contributed by atoms with Crippen molar-refractivity contribution in [3.63, 3.8) is 0 Å². The maximum absolute atomic E-state index is 12.5. The largest absolute Gasteiger partial charge is 0.444 e. The zero-order valence-corrected chi connectivity index (χ0v) is 18.3. The second-order valence-corrected chi connectivity index (χ2v) is 9.14. The van der Waals surface area contributed by atoms with Gasteiger partial charge in [-0.05, 0) is 79.1 Å². The van der Waals surface area contributed by atoms with Crippen LogP contribution in [0.1, 0.15) is 57.2 Å². The SMILES string of the molecule is CCCN1C(=O)CCc2cc3c(c(Br)c21)CCN(C(=O)OC(C)(C)C)CC3. The molecule has 3 rings (SSSR count). The highest BCUT2D eigenvalue weighted by Gasteiger charge is 2.30. The van der Waals surface area contributed by atoms with Gasteiger partial charge in [0.15, 0.2) is 0 Å². The van der Waals surface area contributed by atoms with E-state index < -0.39 is 5.60 Å². The second kappa shape index (κ2) is 7.82. The summed E-state index contributed by atoms with van der Waals surface area (Å²) >= 11 is 3.80. The van der Waals surface area contributed by atoms with Crippen molar-refractivity contribution >= 4 is 33.6 Å². The maximum atomic E-state index is 12.5. The minimum atomic E-state index is -0.489. The molecule has 27 heavy (non-hydrogen) atoms. The molecule has 0 saturated heterocycles. The van der Waals surface area contributed by atoms with Gasteiger partial charge >= 0.3 is 6.09 Å². The summed E-state index contributed by atoms with van der Waals surface area (Å²) in [6, 6.07) is 2.25. The Bertz CT molecular complexity index is 755. The monoisotopic (exact) mass is 436 g/mol. The highest BCUT2D eigenvalue weighted by atomic mass is 79.9. The van der Waals surface area contributed by atoms with Gasteiger partial charge in [0.25, 0.3) is 0 Å². The molecule has 0 radical (unpaired) electrons. The highest BCUT2D eigenvalue weighted by molar-refractivity contribution is 9.10. The van der Waals surface area contributed by atoms with Gasteiger partial charge in [-0.1, -0.05) is 13.0 Å². The van der Waals surface area contributed by atoms with Crippen molar-refractivity contribution in [1.29, 1.82) is 0 Å². The van der Waals surface area contributed by atoms with Crippen molar-refractivity contribution in [2.75, 3.05) is 24.5 Å². The Morgan fingerprint density at radius 1 is 1.15 bits per heavy atom. The lowest BCUT2D eigenvalue weighted by atomic mass is 9.93. The molecule has 148 valence electrons. The van der Waals surface area contributed by atoms with E-state index in [1.807, 2.05) is 25.7 Å². The number of carbonyl (C=O) groups is 2. The van der Waals surface area contributed by atoms with Crippen LogP contribution in [-0.2, 0) is 28.8 Å². The normalized spacial score (nSPS) is 17.3. The number of hydrogen-bond donors (Lipinski definition) is 0. The highest BCUT2D eigenvalue weighted by Crippen LogP contribution is 2.40. The molecule has 0 unspecified atom stereocenters. The van der Waals surface area contributed by atoms with Crippen LogP contribution in [0.3, 0.4) is 0 Å². The summed E-state index contributed by atoms with van der Waals surface area (Å²) in [4.78, 5) is 28.7. The molecule has 6 heteroatoms. The minimum Gasteiger partial charge on any atom is -0.444 e. The lowest BCUT2D eigenvalue weighted by Gasteiger charge is -2.32. The van der Waals surface area contributed by atoms with Crippen molar-refractivity contribution in [3.8, 4) is 0 Å². The number of anilines is 1. The van der Waals surface area contributed by atoms with E-state index in [9.17, 15) is 9.59 Å². The van der Waals surface area contributed by atoms with E-state index >= 15 is 0 Å². The Balaban J connectivity index is 1.88. The van der Waals surface area contributed by atoms with Gasteiger partial charge in [0.2, 0.25) is 5.91 Å². The molecule has 0 N–H and O–H groups in total. The summed E-state index contributed by atoms with van der Waals surface area (Å²) in [5.74, 6) is 0.203. The van der Waals surface area contributed by atoms with Gasteiger partial charge in [-0.15, -0.1) is 0 Å². The second-order valence-electron chi connectivity index (χ2n) is 8.35. The van der Waals surface area contributed by atoms with Crippen LogP contribution in [0.15, 0.2) is 10.5 Å². The van der Waals surface area contributed by atoms with Crippen LogP contribution in [0.2, 0.25) is 0 Å². The zero-order chi connectivity index (χ0) is 19.8. The molecule has 2 amide bonds. The number of hydrogen-bond acceptors (Lipinski definition) is 3. The van der Waals surface area contributed by atoms with E-state index in [1.165, 1.54) is 16.7 Å². The first-order valence-corrected chi connectivity index (χ1v) is 10.6. The number of ether oxygens (including phenoxy) is 1. The average Bonchev–Trinajstić information content (AvgIpc) is 2.79. The summed E-state index contributed by atoms with van der Waals surface area (Å²) in [5.41, 5.74) is 4.28. The van der Waals surface area contributed by atoms with Crippen molar-refractivity contribution in [1.82, 2.24) is 4.90 Å². The number of benzene rings is 1. The summed E-state index contributed by atoms with van der Waals surface area (Å²) in [6.45, 7) is 9.79. The third-order valence-electron chi connectivity index (χ3n) is 5.07. The quantitative estimate of drug-likeness (QED) is 0.686. The molecule has 5 nitrogen and oxygen atoms in total. The van der Waals surface area contributed by atoms with Gasteiger partial charge in [0, 0.05) is 30.5 Å². The lowest BCUT2D eigenvalue weighted by molar-refractivity contribution is -0.118. The van der Waals surface area contributed by atoms with Gasteiger partial charge in [-0.3, -0.25) is 4.79 Å². The molecule has 2 heterocycles. The van der Waals surface area contributed by atoms with Crippen LogP contribution in [0.4, 0.5) is 10.5 Å². The van der Waals surface area contributed by atoms with E-state index in [4.69, 9.17) is 4.74 Å². The molecular formula is C21H29BrN2O3. The van der Waals surface area contributed by atoms with Crippen LogP contribution in [0, 0.1) is 0 Å². The molecule has 0 fully saturated rings. The van der Waals surface area contributed by atoms with Crippen LogP contribution in [0.25, 0.3) is 0 Å². The Labute approximate surface area is 170 Å². The molecule has 0 atom stereocenters. The molecule has 0 spiro atoms. The molecule has 2 aliphatic rings. The topological polar surface area (TPSA) is 49.9 Å². The van der Waals surface area contributed by atoms with E-state index in [-0.39, 0.29) is 12.0 Å². The van der Waals surface area contributed by atoms with Crippen molar-refractivity contribution < 1.29 is 14.3 Å². The van der Waals surface area contributed by atoms with Crippen LogP contribution < -0.4 is 4.90 Å². The number of nitrogens with zero attached hydrogens (tertiary/aromatic N) is 2. The fourth-order valence-corrected chi connectivity index (χ4v) is 4.77. The number of fused-ring (bicyclic) bond motifs is 2. The standard InChI is InChI=1S/C21H29BrN2O3/c1-5-10-24-17(25)7-6-15-13-14-8-11-23(20(26)27-21(2,3)4)12-9-16(14)18(22)19(15)24/h13H,5-12H2,1-4H3. The molecule has 2 aliphatic heterocycles. The third-order valence-corrected chi connectivity index (χ3v) is 5.93. The van der Waals surface area contributed by atoms with Crippen LogP contribution in [-0.4, -0.2) is 42.1 Å². The smallest absolute Gasteiger partial charge is 0.410 e. The fourth-order valence-electron chi connectivity index (χ4n) is 3.85. The van der Waals surface area contributed by atoms with Crippen LogP contribution >= 0.6 is 15.9 Å². The first-order chi connectivity index (χ1) is 12.7. The summed E-state index contributed by atoms with van der Waals surface area (Å²) in [5, 5.41) is 0. The Hall–Kier alpha value is -1.56. The average molecular weight is 437 g/mol.